The molecule has 0 aromatic heterocycles. The lowest BCUT2D eigenvalue weighted by Crippen LogP contribution is -2.32. The average molecular weight is 177 g/mol. The van der Waals surface area contributed by atoms with E-state index in [2.05, 4.69) is 43.5 Å². The molecule has 0 aliphatic rings. The maximum absolute atomic E-state index is 4.36. The van der Waals surface area contributed by atoms with Crippen LogP contribution in [-0.2, 0) is 6.54 Å². The van der Waals surface area contributed by atoms with Crippen LogP contribution < -0.4 is 0 Å². The molecule has 2 nitrogen and oxygen atoms in total. The summed E-state index contributed by atoms with van der Waals surface area (Å²) in [6, 6.07) is 10.4. The van der Waals surface area contributed by atoms with E-state index in [1.807, 2.05) is 19.2 Å². The lowest BCUT2D eigenvalue weighted by molar-refractivity contribution is -0.910. The van der Waals surface area contributed by atoms with Gasteiger partial charge in [0.25, 0.3) is 0 Å². The van der Waals surface area contributed by atoms with Crippen LogP contribution in [0.5, 0.6) is 0 Å². The van der Waals surface area contributed by atoms with Gasteiger partial charge >= 0.3 is 0 Å². The Bertz CT molecular complexity index is 275. The number of nitrogens with zero attached hydrogens (tertiary/aromatic N) is 2. The van der Waals surface area contributed by atoms with Gasteiger partial charge in [-0.3, -0.25) is 0 Å². The van der Waals surface area contributed by atoms with Crippen LogP contribution in [0.4, 0.5) is 0 Å². The van der Waals surface area contributed by atoms with Gasteiger partial charge in [-0.05, 0) is 6.92 Å². The second-order valence-electron chi connectivity index (χ2n) is 3.64. The van der Waals surface area contributed by atoms with Crippen molar-refractivity contribution in [1.29, 1.82) is 0 Å². The van der Waals surface area contributed by atoms with E-state index in [1.165, 1.54) is 5.56 Å². The van der Waals surface area contributed by atoms with Gasteiger partial charge in [-0.2, -0.15) is 4.59 Å². The van der Waals surface area contributed by atoms with Crippen molar-refractivity contribution < 1.29 is 4.59 Å². The normalized spacial score (nSPS) is 12.2. The fourth-order valence-corrected chi connectivity index (χ4v) is 1.38. The summed E-state index contributed by atoms with van der Waals surface area (Å²) in [5.41, 5.74) is 1.32. The fourth-order valence-electron chi connectivity index (χ4n) is 1.38. The predicted molar refractivity (Wildman–Crippen MR) is 56.4 cm³/mol. The minimum atomic E-state index is 0.653. The van der Waals surface area contributed by atoms with Crippen molar-refractivity contribution in [2.75, 3.05) is 14.1 Å². The molecule has 1 aromatic rings. The number of rotatable bonds is 3. The zero-order chi connectivity index (χ0) is 9.73. The Morgan fingerprint density at radius 1 is 1.23 bits per heavy atom. The first kappa shape index (κ1) is 9.93. The molecule has 13 heavy (non-hydrogen) atoms. The molecule has 2 heteroatoms. The number of hydrogen-bond donors (Lipinski definition) is 0. The monoisotopic (exact) mass is 177 g/mol. The molecule has 0 bridgehead atoms. The fraction of sp³-hybridized carbons (Fsp3) is 0.364. The van der Waals surface area contributed by atoms with E-state index in [-0.39, 0.29) is 0 Å². The summed E-state index contributed by atoms with van der Waals surface area (Å²) in [5.74, 6) is 0. The van der Waals surface area contributed by atoms with Crippen molar-refractivity contribution >= 4 is 6.21 Å². The van der Waals surface area contributed by atoms with Crippen LogP contribution >= 0.6 is 0 Å². The zero-order valence-electron chi connectivity index (χ0n) is 8.57. The lowest BCUT2D eigenvalue weighted by Gasteiger charge is -2.21. The molecular formula is C11H17N2+. The molecule has 0 saturated carbocycles. The van der Waals surface area contributed by atoms with Crippen LogP contribution in [0.2, 0.25) is 0 Å². The summed E-state index contributed by atoms with van der Waals surface area (Å²) in [7, 11) is 4.18. The first-order valence-corrected chi connectivity index (χ1v) is 4.51. The molecule has 0 aliphatic heterocycles. The third kappa shape index (κ3) is 3.38. The molecule has 0 heterocycles. The molecule has 0 radical (unpaired) electrons. The van der Waals surface area contributed by atoms with E-state index in [0.717, 1.165) is 6.54 Å². The van der Waals surface area contributed by atoms with Gasteiger partial charge < -0.3 is 0 Å². The summed E-state index contributed by atoms with van der Waals surface area (Å²) in [5, 5.41) is 4.36. The van der Waals surface area contributed by atoms with Crippen molar-refractivity contribution in [3.05, 3.63) is 35.9 Å². The van der Waals surface area contributed by atoms with Crippen LogP contribution in [0.15, 0.2) is 35.4 Å². The Balaban J connectivity index is 2.69. The highest BCUT2D eigenvalue weighted by Crippen LogP contribution is 2.08. The molecule has 1 rings (SSSR count). The molecule has 0 N–H and O–H groups in total. The SMILES string of the molecule is C/C=N/[N+](C)(C)Cc1ccccc1. The summed E-state index contributed by atoms with van der Waals surface area (Å²) in [6.07, 6.45) is 1.85. The highest BCUT2D eigenvalue weighted by atomic mass is 15.6. The van der Waals surface area contributed by atoms with Gasteiger partial charge in [0.2, 0.25) is 0 Å². The minimum Gasteiger partial charge on any atom is -0.199 e. The second-order valence-corrected chi connectivity index (χ2v) is 3.64. The predicted octanol–water partition coefficient (Wildman–Crippen LogP) is 2.27. The van der Waals surface area contributed by atoms with E-state index >= 15 is 0 Å². The third-order valence-corrected chi connectivity index (χ3v) is 1.84. The molecule has 0 fully saturated rings. The number of benzene rings is 1. The van der Waals surface area contributed by atoms with Crippen molar-refractivity contribution in [3.63, 3.8) is 0 Å². The van der Waals surface area contributed by atoms with Gasteiger partial charge in [0.05, 0.1) is 20.3 Å². The van der Waals surface area contributed by atoms with Crippen molar-refractivity contribution in [1.82, 2.24) is 0 Å². The van der Waals surface area contributed by atoms with E-state index < -0.39 is 0 Å². The van der Waals surface area contributed by atoms with Gasteiger partial charge in [0.15, 0.2) is 0 Å². The summed E-state index contributed by atoms with van der Waals surface area (Å²) < 4.78 is 0.653. The van der Waals surface area contributed by atoms with Gasteiger partial charge in [0, 0.05) is 5.56 Å². The van der Waals surface area contributed by atoms with Crippen molar-refractivity contribution in [3.8, 4) is 0 Å². The van der Waals surface area contributed by atoms with Gasteiger partial charge in [-0.1, -0.05) is 35.4 Å². The van der Waals surface area contributed by atoms with Crippen molar-refractivity contribution in [2.24, 2.45) is 5.10 Å². The summed E-state index contributed by atoms with van der Waals surface area (Å²) in [6.45, 7) is 2.89. The van der Waals surface area contributed by atoms with Crippen LogP contribution in [-0.4, -0.2) is 24.9 Å². The average Bonchev–Trinajstić information content (AvgIpc) is 2.04. The van der Waals surface area contributed by atoms with Crippen molar-refractivity contribution in [2.45, 2.75) is 13.5 Å². The van der Waals surface area contributed by atoms with Crippen LogP contribution in [0.1, 0.15) is 12.5 Å². The second kappa shape index (κ2) is 4.19. The van der Waals surface area contributed by atoms with E-state index in [4.69, 9.17) is 0 Å². The van der Waals surface area contributed by atoms with Crippen LogP contribution in [0.25, 0.3) is 0 Å². The molecule has 1 aromatic carbocycles. The topological polar surface area (TPSA) is 12.4 Å². The maximum Gasteiger partial charge on any atom is 0.128 e. The van der Waals surface area contributed by atoms with E-state index in [9.17, 15) is 0 Å². The molecular weight excluding hydrogens is 160 g/mol. The Morgan fingerprint density at radius 2 is 1.85 bits per heavy atom. The molecule has 0 unspecified atom stereocenters. The molecule has 0 amide bonds. The van der Waals surface area contributed by atoms with Crippen LogP contribution in [0, 0.1) is 0 Å². The molecule has 70 valence electrons. The summed E-state index contributed by atoms with van der Waals surface area (Å²) in [4.78, 5) is 0. The third-order valence-electron chi connectivity index (χ3n) is 1.84. The molecule has 0 atom stereocenters. The molecule has 0 spiro atoms. The van der Waals surface area contributed by atoms with Gasteiger partial charge in [-0.15, -0.1) is 0 Å². The smallest absolute Gasteiger partial charge is 0.128 e. The zero-order valence-corrected chi connectivity index (χ0v) is 8.57. The minimum absolute atomic E-state index is 0.653. The highest BCUT2D eigenvalue weighted by Gasteiger charge is 2.12. The Labute approximate surface area is 80.1 Å². The Hall–Kier alpha value is -1.15. The standard InChI is InChI=1S/C11H17N2/c1-4-12-13(2,3)10-11-8-6-5-7-9-11/h4-9H,10H2,1-3H3/q+1/b12-4+. The van der Waals surface area contributed by atoms with Crippen LogP contribution in [0.3, 0.4) is 0 Å². The molecule has 0 saturated heterocycles. The quantitative estimate of drug-likeness (QED) is 0.381. The Morgan fingerprint density at radius 3 is 2.38 bits per heavy atom. The first-order chi connectivity index (χ1) is 6.14. The largest absolute Gasteiger partial charge is 0.199 e. The molecule has 0 aliphatic carbocycles. The Kier molecular flexibility index (Phi) is 3.20. The number of hydrogen-bond acceptors (Lipinski definition) is 1. The number of quaternary nitrogens is 1. The van der Waals surface area contributed by atoms with E-state index in [0.29, 0.717) is 4.59 Å². The van der Waals surface area contributed by atoms with Gasteiger partial charge in [0.1, 0.15) is 6.54 Å². The highest BCUT2D eigenvalue weighted by molar-refractivity contribution is 5.52. The maximum atomic E-state index is 4.36. The summed E-state index contributed by atoms with van der Waals surface area (Å²) >= 11 is 0. The van der Waals surface area contributed by atoms with Gasteiger partial charge in [-0.25, -0.2) is 0 Å². The van der Waals surface area contributed by atoms with E-state index in [1.54, 1.807) is 0 Å². The first-order valence-electron chi connectivity index (χ1n) is 4.51. The lowest BCUT2D eigenvalue weighted by atomic mass is 10.2.